The maximum absolute atomic E-state index is 12.7. The third-order valence-corrected chi connectivity index (χ3v) is 4.94. The van der Waals surface area contributed by atoms with E-state index in [-0.39, 0.29) is 0 Å². The van der Waals surface area contributed by atoms with E-state index in [1.807, 2.05) is 36.4 Å². The van der Waals surface area contributed by atoms with E-state index in [4.69, 9.17) is 23.4 Å². The normalized spacial score (nSPS) is 10.7. The van der Waals surface area contributed by atoms with Crippen LogP contribution in [0.25, 0.3) is 22.1 Å². The minimum absolute atomic E-state index is 0.367. The largest absolute Gasteiger partial charge is 0.497 e. The van der Waals surface area contributed by atoms with Crippen molar-refractivity contribution in [2.75, 3.05) is 21.3 Å². The fraction of sp³-hybridized carbons (Fsp3) is 0.160. The van der Waals surface area contributed by atoms with Gasteiger partial charge in [0.1, 0.15) is 35.2 Å². The predicted octanol–water partition coefficient (Wildman–Crippen LogP) is 5.06. The molecule has 3 aromatic carbocycles. The molecule has 6 heteroatoms. The van der Waals surface area contributed by atoms with E-state index in [9.17, 15) is 4.79 Å². The van der Waals surface area contributed by atoms with E-state index in [2.05, 4.69) is 0 Å². The molecule has 0 amide bonds. The molecule has 0 bridgehead atoms. The van der Waals surface area contributed by atoms with Gasteiger partial charge in [0.2, 0.25) is 0 Å². The molecule has 0 aliphatic carbocycles. The van der Waals surface area contributed by atoms with Crippen LogP contribution in [-0.2, 0) is 6.61 Å². The fourth-order valence-electron chi connectivity index (χ4n) is 3.32. The number of hydrogen-bond donors (Lipinski definition) is 0. The minimum atomic E-state index is -0.469. The van der Waals surface area contributed by atoms with Crippen molar-refractivity contribution in [2.45, 2.75) is 6.61 Å². The van der Waals surface area contributed by atoms with E-state index < -0.39 is 5.63 Å². The minimum Gasteiger partial charge on any atom is -0.497 e. The van der Waals surface area contributed by atoms with Crippen LogP contribution in [0, 0.1) is 0 Å². The summed E-state index contributed by atoms with van der Waals surface area (Å²) in [6, 6.07) is 20.1. The lowest BCUT2D eigenvalue weighted by molar-refractivity contribution is 0.305. The Morgan fingerprint density at radius 2 is 1.52 bits per heavy atom. The highest BCUT2D eigenvalue weighted by Crippen LogP contribution is 2.33. The van der Waals surface area contributed by atoms with Gasteiger partial charge in [-0.2, -0.15) is 0 Å². The molecule has 0 fully saturated rings. The van der Waals surface area contributed by atoms with Gasteiger partial charge in [0.25, 0.3) is 0 Å². The first-order valence-electron chi connectivity index (χ1n) is 9.67. The van der Waals surface area contributed by atoms with Gasteiger partial charge in [-0.25, -0.2) is 4.79 Å². The summed E-state index contributed by atoms with van der Waals surface area (Å²) in [5.41, 5.74) is 1.95. The first-order valence-corrected chi connectivity index (χ1v) is 9.67. The lowest BCUT2D eigenvalue weighted by atomic mass is 10.0. The highest BCUT2D eigenvalue weighted by molar-refractivity contribution is 5.84. The molecule has 6 nitrogen and oxygen atoms in total. The quantitative estimate of drug-likeness (QED) is 0.391. The van der Waals surface area contributed by atoms with Crippen molar-refractivity contribution in [2.24, 2.45) is 0 Å². The van der Waals surface area contributed by atoms with Gasteiger partial charge in [0.05, 0.1) is 26.9 Å². The standard InChI is InChI=1S/C25H22O6/c1-27-18-6-4-5-16(11-18)15-30-20-8-7-17-12-22(25(26)31-24(17)14-20)21-13-19(28-2)9-10-23(21)29-3/h4-14H,15H2,1-3H3. The van der Waals surface area contributed by atoms with Gasteiger partial charge in [0, 0.05) is 17.0 Å². The molecule has 1 aromatic heterocycles. The van der Waals surface area contributed by atoms with Gasteiger partial charge in [-0.15, -0.1) is 0 Å². The van der Waals surface area contributed by atoms with E-state index in [0.717, 1.165) is 16.7 Å². The van der Waals surface area contributed by atoms with Crippen molar-refractivity contribution in [1.82, 2.24) is 0 Å². The highest BCUT2D eigenvalue weighted by Gasteiger charge is 2.14. The molecule has 0 spiro atoms. The van der Waals surface area contributed by atoms with Crippen LogP contribution in [0.5, 0.6) is 23.0 Å². The molecule has 4 rings (SSSR count). The van der Waals surface area contributed by atoms with Crippen LogP contribution in [-0.4, -0.2) is 21.3 Å². The van der Waals surface area contributed by atoms with Crippen LogP contribution in [0.2, 0.25) is 0 Å². The second-order valence-corrected chi connectivity index (χ2v) is 6.85. The number of fused-ring (bicyclic) bond motifs is 1. The molecule has 0 N–H and O–H groups in total. The molecular weight excluding hydrogens is 396 g/mol. The summed E-state index contributed by atoms with van der Waals surface area (Å²) >= 11 is 0. The highest BCUT2D eigenvalue weighted by atomic mass is 16.5. The summed E-state index contributed by atoms with van der Waals surface area (Å²) in [6.45, 7) is 0.367. The second-order valence-electron chi connectivity index (χ2n) is 6.85. The third kappa shape index (κ3) is 4.33. The Bertz CT molecular complexity index is 1270. The first-order chi connectivity index (χ1) is 15.1. The van der Waals surface area contributed by atoms with Gasteiger partial charge in [-0.3, -0.25) is 0 Å². The first kappa shape index (κ1) is 20.3. The monoisotopic (exact) mass is 418 g/mol. The summed E-state index contributed by atoms with van der Waals surface area (Å²) in [5, 5.41) is 0.771. The van der Waals surface area contributed by atoms with E-state index >= 15 is 0 Å². The molecule has 0 radical (unpaired) electrons. The van der Waals surface area contributed by atoms with E-state index in [1.165, 1.54) is 0 Å². The van der Waals surface area contributed by atoms with E-state index in [0.29, 0.717) is 40.6 Å². The average molecular weight is 418 g/mol. The van der Waals surface area contributed by atoms with Crippen molar-refractivity contribution in [3.05, 3.63) is 82.7 Å². The van der Waals surface area contributed by atoms with Crippen LogP contribution in [0.3, 0.4) is 0 Å². The molecular formula is C25H22O6. The van der Waals surface area contributed by atoms with Crippen molar-refractivity contribution >= 4 is 11.0 Å². The Kier molecular flexibility index (Phi) is 5.80. The Balaban J connectivity index is 1.65. The topological polar surface area (TPSA) is 67.1 Å². The Labute approximate surface area is 179 Å². The summed E-state index contributed by atoms with van der Waals surface area (Å²) < 4.78 is 27.4. The fourth-order valence-corrected chi connectivity index (χ4v) is 3.32. The lowest BCUT2D eigenvalue weighted by Crippen LogP contribution is -2.04. The summed E-state index contributed by atoms with van der Waals surface area (Å²) in [7, 11) is 4.75. The third-order valence-electron chi connectivity index (χ3n) is 4.94. The Morgan fingerprint density at radius 1 is 0.742 bits per heavy atom. The van der Waals surface area contributed by atoms with Crippen LogP contribution >= 0.6 is 0 Å². The number of rotatable bonds is 7. The molecule has 0 saturated carbocycles. The molecule has 31 heavy (non-hydrogen) atoms. The number of methoxy groups -OCH3 is 3. The zero-order chi connectivity index (χ0) is 21.8. The molecule has 0 aliphatic rings. The van der Waals surface area contributed by atoms with Crippen molar-refractivity contribution in [1.29, 1.82) is 0 Å². The SMILES string of the molecule is COc1cccc(COc2ccc3cc(-c4cc(OC)ccc4OC)c(=O)oc3c2)c1. The van der Waals surface area contributed by atoms with Gasteiger partial charge in [0.15, 0.2) is 0 Å². The Hall–Kier alpha value is -3.93. The maximum atomic E-state index is 12.7. The van der Waals surface area contributed by atoms with Gasteiger partial charge in [-0.1, -0.05) is 12.1 Å². The number of hydrogen-bond acceptors (Lipinski definition) is 6. The lowest BCUT2D eigenvalue weighted by Gasteiger charge is -2.11. The van der Waals surface area contributed by atoms with Crippen molar-refractivity contribution in [3.8, 4) is 34.1 Å². The van der Waals surface area contributed by atoms with Gasteiger partial charge in [-0.05, 0) is 54.1 Å². The Morgan fingerprint density at radius 3 is 2.29 bits per heavy atom. The zero-order valence-electron chi connectivity index (χ0n) is 17.5. The predicted molar refractivity (Wildman–Crippen MR) is 118 cm³/mol. The summed E-state index contributed by atoms with van der Waals surface area (Å²) in [6.07, 6.45) is 0. The summed E-state index contributed by atoms with van der Waals surface area (Å²) in [4.78, 5) is 12.7. The van der Waals surface area contributed by atoms with Crippen LogP contribution < -0.4 is 24.6 Å². The molecule has 0 aliphatic heterocycles. The zero-order valence-corrected chi connectivity index (χ0v) is 17.5. The molecule has 158 valence electrons. The molecule has 0 unspecified atom stereocenters. The van der Waals surface area contributed by atoms with Gasteiger partial charge < -0.3 is 23.4 Å². The number of ether oxygens (including phenoxy) is 4. The maximum Gasteiger partial charge on any atom is 0.344 e. The average Bonchev–Trinajstić information content (AvgIpc) is 2.81. The second kappa shape index (κ2) is 8.83. The van der Waals surface area contributed by atoms with E-state index in [1.54, 1.807) is 51.7 Å². The van der Waals surface area contributed by atoms with Crippen molar-refractivity contribution in [3.63, 3.8) is 0 Å². The molecule has 0 atom stereocenters. The van der Waals surface area contributed by atoms with Crippen LogP contribution in [0.4, 0.5) is 0 Å². The van der Waals surface area contributed by atoms with Crippen LogP contribution in [0.15, 0.2) is 75.9 Å². The smallest absolute Gasteiger partial charge is 0.344 e. The summed E-state index contributed by atoms with van der Waals surface area (Å²) in [5.74, 6) is 2.55. The number of benzene rings is 3. The van der Waals surface area contributed by atoms with Crippen molar-refractivity contribution < 1.29 is 23.4 Å². The van der Waals surface area contributed by atoms with Gasteiger partial charge >= 0.3 is 5.63 Å². The van der Waals surface area contributed by atoms with Crippen LogP contribution in [0.1, 0.15) is 5.56 Å². The molecule has 1 heterocycles. The molecule has 0 saturated heterocycles. The molecule has 4 aromatic rings.